The lowest BCUT2D eigenvalue weighted by Crippen LogP contribution is -2.39. The lowest BCUT2D eigenvalue weighted by Gasteiger charge is -2.32. The van der Waals surface area contributed by atoms with Gasteiger partial charge in [0.15, 0.2) is 0 Å². The molecule has 0 saturated carbocycles. The summed E-state index contributed by atoms with van der Waals surface area (Å²) in [5.74, 6) is 0.656. The van der Waals surface area contributed by atoms with E-state index in [0.29, 0.717) is 18.5 Å². The van der Waals surface area contributed by atoms with Crippen LogP contribution in [0.5, 0.6) is 5.88 Å². The molecule has 2 aromatic heterocycles. The van der Waals surface area contributed by atoms with Gasteiger partial charge >= 0.3 is 0 Å². The normalized spacial score (nSPS) is 16.7. The van der Waals surface area contributed by atoms with Crippen LogP contribution in [-0.2, 0) is 6.61 Å². The van der Waals surface area contributed by atoms with E-state index in [0.717, 1.165) is 48.4 Å². The van der Waals surface area contributed by atoms with Crippen LogP contribution in [0.1, 0.15) is 18.4 Å². The maximum Gasteiger partial charge on any atom is 0.223 e. The number of hydrogen-bond acceptors (Lipinski definition) is 5. The van der Waals surface area contributed by atoms with Gasteiger partial charge in [-0.2, -0.15) is 5.10 Å². The maximum absolute atomic E-state index is 6.00. The number of nitrogens with zero attached hydrogens (tertiary/aromatic N) is 4. The van der Waals surface area contributed by atoms with E-state index in [9.17, 15) is 0 Å². The Kier molecular flexibility index (Phi) is 3.64. The molecule has 0 spiro atoms. The number of ether oxygens (including phenoxy) is 1. The molecule has 0 bridgehead atoms. The Balaban J connectivity index is 1.42. The molecule has 0 unspecified atom stereocenters. The zero-order chi connectivity index (χ0) is 17.5. The molecule has 0 radical (unpaired) electrons. The van der Waals surface area contributed by atoms with E-state index in [4.69, 9.17) is 15.6 Å². The summed E-state index contributed by atoms with van der Waals surface area (Å²) < 4.78 is 7.65. The average molecular weight is 347 g/mol. The van der Waals surface area contributed by atoms with Crippen LogP contribution in [0.3, 0.4) is 0 Å². The summed E-state index contributed by atoms with van der Waals surface area (Å²) in [6.07, 6.45) is 5.90. The van der Waals surface area contributed by atoms with E-state index in [1.165, 1.54) is 5.69 Å². The molecule has 0 aliphatic carbocycles. The Bertz CT molecular complexity index is 926. The summed E-state index contributed by atoms with van der Waals surface area (Å²) in [6.45, 7) is 2.56. The topological polar surface area (TPSA) is 69.2 Å². The molecule has 3 aromatic rings. The number of aromatic nitrogens is 3. The molecule has 6 heteroatoms. The first-order valence-corrected chi connectivity index (χ1v) is 9.05. The molecule has 2 N–H and O–H groups in total. The van der Waals surface area contributed by atoms with Gasteiger partial charge in [-0.3, -0.25) is 0 Å². The van der Waals surface area contributed by atoms with Gasteiger partial charge in [-0.05, 0) is 49.2 Å². The molecule has 5 rings (SSSR count). The molecular formula is C20H21N5O. The summed E-state index contributed by atoms with van der Waals surface area (Å²) in [5.41, 5.74) is 11.3. The zero-order valence-electron chi connectivity index (χ0n) is 14.5. The van der Waals surface area contributed by atoms with Crippen molar-refractivity contribution < 1.29 is 4.74 Å². The van der Waals surface area contributed by atoms with Crippen LogP contribution in [0.25, 0.3) is 16.9 Å². The van der Waals surface area contributed by atoms with Gasteiger partial charge in [0.2, 0.25) is 5.88 Å². The molecule has 26 heavy (non-hydrogen) atoms. The standard InChI is InChI=1S/C20H21N5O/c21-15-7-10-24(11-8-15)16-3-5-17(6-4-16)25-12-14-13-26-20-18(19(14)23-25)2-1-9-22-20/h1-6,9,12,15H,7-8,10-11,13,21H2. The summed E-state index contributed by atoms with van der Waals surface area (Å²) in [4.78, 5) is 6.68. The van der Waals surface area contributed by atoms with Crippen LogP contribution in [-0.4, -0.2) is 33.9 Å². The fraction of sp³-hybridized carbons (Fsp3) is 0.300. The van der Waals surface area contributed by atoms with Gasteiger partial charge < -0.3 is 15.4 Å². The largest absolute Gasteiger partial charge is 0.472 e. The van der Waals surface area contributed by atoms with Gasteiger partial charge in [0.05, 0.1) is 11.3 Å². The Morgan fingerprint density at radius 3 is 2.62 bits per heavy atom. The van der Waals surface area contributed by atoms with Crippen molar-refractivity contribution in [3.05, 3.63) is 54.4 Å². The van der Waals surface area contributed by atoms with Crippen LogP contribution < -0.4 is 15.4 Å². The number of pyridine rings is 1. The van der Waals surface area contributed by atoms with E-state index in [2.05, 4.69) is 34.1 Å². The molecule has 0 atom stereocenters. The molecule has 6 nitrogen and oxygen atoms in total. The molecule has 4 heterocycles. The third-order valence-corrected chi connectivity index (χ3v) is 5.20. The van der Waals surface area contributed by atoms with Crippen LogP contribution in [0.2, 0.25) is 0 Å². The van der Waals surface area contributed by atoms with E-state index in [1.54, 1.807) is 6.20 Å². The van der Waals surface area contributed by atoms with Crippen molar-refractivity contribution in [1.82, 2.24) is 14.8 Å². The summed E-state index contributed by atoms with van der Waals surface area (Å²) in [7, 11) is 0. The second-order valence-corrected chi connectivity index (χ2v) is 6.93. The third kappa shape index (κ3) is 2.63. The Morgan fingerprint density at radius 1 is 1.04 bits per heavy atom. The van der Waals surface area contributed by atoms with Crippen LogP contribution in [0, 0.1) is 0 Å². The van der Waals surface area contributed by atoms with Gasteiger partial charge in [-0.1, -0.05) is 0 Å². The second kappa shape index (κ2) is 6.14. The lowest BCUT2D eigenvalue weighted by atomic mass is 10.1. The number of fused-ring (bicyclic) bond motifs is 3. The first-order chi connectivity index (χ1) is 12.8. The number of piperidine rings is 1. The lowest BCUT2D eigenvalue weighted by molar-refractivity contribution is 0.290. The molecular weight excluding hydrogens is 326 g/mol. The number of rotatable bonds is 2. The van der Waals surface area contributed by atoms with E-state index in [1.807, 2.05) is 23.0 Å². The van der Waals surface area contributed by atoms with Gasteiger partial charge in [0.1, 0.15) is 12.3 Å². The Morgan fingerprint density at radius 2 is 1.81 bits per heavy atom. The smallest absolute Gasteiger partial charge is 0.223 e. The predicted molar refractivity (Wildman–Crippen MR) is 101 cm³/mol. The number of anilines is 1. The van der Waals surface area contributed by atoms with Crippen LogP contribution in [0.15, 0.2) is 48.8 Å². The molecule has 1 aromatic carbocycles. The van der Waals surface area contributed by atoms with Crippen molar-refractivity contribution in [1.29, 1.82) is 0 Å². The van der Waals surface area contributed by atoms with Crippen LogP contribution in [0.4, 0.5) is 5.69 Å². The van der Waals surface area contributed by atoms with Crippen molar-refractivity contribution in [3.63, 3.8) is 0 Å². The number of benzene rings is 1. The SMILES string of the molecule is NC1CCN(c2ccc(-n3cc4c(n3)-c3cccnc3OC4)cc2)CC1. The first kappa shape index (κ1) is 15.4. The van der Waals surface area contributed by atoms with Crippen molar-refractivity contribution in [2.75, 3.05) is 18.0 Å². The van der Waals surface area contributed by atoms with Crippen LogP contribution >= 0.6 is 0 Å². The van der Waals surface area contributed by atoms with Gasteiger partial charge in [0, 0.05) is 42.8 Å². The van der Waals surface area contributed by atoms with Crippen molar-refractivity contribution in [3.8, 4) is 22.8 Å². The molecule has 1 fully saturated rings. The fourth-order valence-corrected chi connectivity index (χ4v) is 3.68. The minimum absolute atomic E-state index is 0.348. The maximum atomic E-state index is 6.00. The van der Waals surface area contributed by atoms with Gasteiger partial charge in [0.25, 0.3) is 0 Å². The highest BCUT2D eigenvalue weighted by Gasteiger charge is 2.22. The highest BCUT2D eigenvalue weighted by Crippen LogP contribution is 2.35. The number of hydrogen-bond donors (Lipinski definition) is 1. The summed E-state index contributed by atoms with van der Waals surface area (Å²) in [5, 5.41) is 4.78. The zero-order valence-corrected chi connectivity index (χ0v) is 14.5. The van der Waals surface area contributed by atoms with Crippen molar-refractivity contribution >= 4 is 5.69 Å². The summed E-state index contributed by atoms with van der Waals surface area (Å²) >= 11 is 0. The Hall–Kier alpha value is -2.86. The van der Waals surface area contributed by atoms with Crippen molar-refractivity contribution in [2.45, 2.75) is 25.5 Å². The second-order valence-electron chi connectivity index (χ2n) is 6.93. The monoisotopic (exact) mass is 347 g/mol. The first-order valence-electron chi connectivity index (χ1n) is 9.05. The molecule has 2 aliphatic rings. The van der Waals surface area contributed by atoms with E-state index < -0.39 is 0 Å². The summed E-state index contributed by atoms with van der Waals surface area (Å²) in [6, 6.07) is 12.8. The van der Waals surface area contributed by atoms with Crippen molar-refractivity contribution in [2.24, 2.45) is 5.73 Å². The highest BCUT2D eigenvalue weighted by atomic mass is 16.5. The molecule has 132 valence electrons. The van der Waals surface area contributed by atoms with Gasteiger partial charge in [-0.15, -0.1) is 0 Å². The van der Waals surface area contributed by atoms with E-state index >= 15 is 0 Å². The molecule has 0 amide bonds. The fourth-order valence-electron chi connectivity index (χ4n) is 3.68. The van der Waals surface area contributed by atoms with Gasteiger partial charge in [-0.25, -0.2) is 9.67 Å². The van der Waals surface area contributed by atoms with E-state index in [-0.39, 0.29) is 0 Å². The predicted octanol–water partition coefficient (Wildman–Crippen LogP) is 2.75. The average Bonchev–Trinajstić information content (AvgIpc) is 3.14. The minimum Gasteiger partial charge on any atom is -0.472 e. The third-order valence-electron chi connectivity index (χ3n) is 5.20. The number of nitrogens with two attached hydrogens (primary N) is 1. The molecule has 1 saturated heterocycles. The Labute approximate surface area is 152 Å². The minimum atomic E-state index is 0.348. The molecule has 2 aliphatic heterocycles. The quantitative estimate of drug-likeness (QED) is 0.772. The highest BCUT2D eigenvalue weighted by molar-refractivity contribution is 5.69.